The fourth-order valence-electron chi connectivity index (χ4n) is 5.78. The Labute approximate surface area is 280 Å². The number of imidazole rings is 2. The monoisotopic (exact) mass is 661 g/mol. The van der Waals surface area contributed by atoms with Crippen molar-refractivity contribution in [2.45, 2.75) is 104 Å². The molecule has 0 N–H and O–H groups in total. The number of unbranched alkanes of at least 4 members (excludes halogenated alkanes) is 10. The fourth-order valence-corrected chi connectivity index (χ4v) is 5.78. The predicted octanol–water partition coefficient (Wildman–Crippen LogP) is 3.84. The summed E-state index contributed by atoms with van der Waals surface area (Å²) in [4.78, 5) is 15.3. The summed E-state index contributed by atoms with van der Waals surface area (Å²) in [6, 6.07) is 23.3. The van der Waals surface area contributed by atoms with E-state index in [1.165, 1.54) is 75.2 Å². The maximum Gasteiger partial charge on any atom is 2.00 e. The number of pyridine rings is 1. The van der Waals surface area contributed by atoms with Gasteiger partial charge in [0.1, 0.15) is 11.4 Å². The first kappa shape index (κ1) is 36.8. The largest absolute Gasteiger partial charge is 2.00 e. The van der Waals surface area contributed by atoms with Crippen LogP contribution in [-0.4, -0.2) is 24.1 Å². The van der Waals surface area contributed by atoms with E-state index in [1.807, 2.05) is 0 Å². The number of nitrogens with zero attached hydrogens (tertiary/aromatic N) is 5. The fraction of sp³-hybridized carbons (Fsp3) is 0.457. The molecule has 0 fully saturated rings. The molecule has 0 radical (unpaired) electrons. The SMILES string of the molecule is CCCCCCCCn1c(-c2cccc(-c3nc4ccccc4n3CCCCCCCC)n2)nc2ccccc21.[Cl-].[Cl-].[Fe+2]. The van der Waals surface area contributed by atoms with E-state index in [1.54, 1.807) is 0 Å². The molecule has 43 heavy (non-hydrogen) atoms. The van der Waals surface area contributed by atoms with Crippen LogP contribution < -0.4 is 24.8 Å². The molecule has 232 valence electrons. The Hall–Kier alpha value is -2.37. The first-order chi connectivity index (χ1) is 19.8. The third-order valence-corrected chi connectivity index (χ3v) is 7.99. The van der Waals surface area contributed by atoms with Gasteiger partial charge in [-0.1, -0.05) is 108 Å². The van der Waals surface area contributed by atoms with E-state index in [0.717, 1.165) is 60.0 Å². The smallest absolute Gasteiger partial charge is 1.00 e. The van der Waals surface area contributed by atoms with Crippen molar-refractivity contribution in [3.8, 4) is 23.0 Å². The van der Waals surface area contributed by atoms with E-state index in [2.05, 4.69) is 89.7 Å². The molecule has 5 aromatic rings. The van der Waals surface area contributed by atoms with Crippen LogP contribution in [0.4, 0.5) is 0 Å². The van der Waals surface area contributed by atoms with E-state index in [0.29, 0.717) is 0 Å². The van der Waals surface area contributed by atoms with Gasteiger partial charge in [0.05, 0.1) is 22.1 Å². The quantitative estimate of drug-likeness (QED) is 0.119. The van der Waals surface area contributed by atoms with Gasteiger partial charge < -0.3 is 33.9 Å². The molecule has 5 nitrogen and oxygen atoms in total. The molecule has 0 aliphatic heterocycles. The Balaban J connectivity index is 0.00000215. The Kier molecular flexibility index (Phi) is 16.4. The third-order valence-electron chi connectivity index (χ3n) is 7.99. The molecule has 0 spiro atoms. The van der Waals surface area contributed by atoms with E-state index < -0.39 is 0 Å². The first-order valence-corrected chi connectivity index (χ1v) is 15.7. The predicted molar refractivity (Wildman–Crippen MR) is 168 cm³/mol. The summed E-state index contributed by atoms with van der Waals surface area (Å²) in [7, 11) is 0. The summed E-state index contributed by atoms with van der Waals surface area (Å²) in [5, 5.41) is 0. The van der Waals surface area contributed by atoms with Crippen LogP contribution in [0.2, 0.25) is 0 Å². The van der Waals surface area contributed by atoms with Gasteiger partial charge in [0.15, 0.2) is 11.6 Å². The van der Waals surface area contributed by atoms with Crippen LogP contribution >= 0.6 is 0 Å². The number of rotatable bonds is 16. The van der Waals surface area contributed by atoms with Gasteiger partial charge >= 0.3 is 17.1 Å². The third kappa shape index (κ3) is 9.31. The van der Waals surface area contributed by atoms with Gasteiger partial charge in [0.25, 0.3) is 0 Å². The molecule has 0 aliphatic carbocycles. The summed E-state index contributed by atoms with van der Waals surface area (Å²) in [5.74, 6) is 1.91. The van der Waals surface area contributed by atoms with Crippen molar-refractivity contribution < 1.29 is 41.9 Å². The molecule has 3 heterocycles. The minimum atomic E-state index is 0. The van der Waals surface area contributed by atoms with Crippen molar-refractivity contribution in [1.29, 1.82) is 0 Å². The molecule has 2 aromatic carbocycles. The van der Waals surface area contributed by atoms with Crippen LogP contribution in [0.25, 0.3) is 45.1 Å². The van der Waals surface area contributed by atoms with Crippen molar-refractivity contribution >= 4 is 22.1 Å². The van der Waals surface area contributed by atoms with Crippen LogP contribution in [0.5, 0.6) is 0 Å². The Bertz CT molecular complexity index is 1400. The zero-order valence-electron chi connectivity index (χ0n) is 25.6. The van der Waals surface area contributed by atoms with E-state index in [-0.39, 0.29) is 41.9 Å². The van der Waals surface area contributed by atoms with Crippen LogP contribution in [-0.2, 0) is 30.2 Å². The molecule has 0 aliphatic rings. The number of halogens is 2. The number of aryl methyl sites for hydroxylation is 2. The average molecular weight is 663 g/mol. The number of fused-ring (bicyclic) bond motifs is 2. The normalized spacial score (nSPS) is 10.8. The molecule has 0 bridgehead atoms. The summed E-state index contributed by atoms with van der Waals surface area (Å²) in [5.41, 5.74) is 6.27. The zero-order valence-corrected chi connectivity index (χ0v) is 28.2. The van der Waals surface area contributed by atoms with Gasteiger partial charge in [-0.3, -0.25) is 0 Å². The van der Waals surface area contributed by atoms with Crippen molar-refractivity contribution in [3.05, 3.63) is 66.7 Å². The zero-order chi connectivity index (χ0) is 27.6. The summed E-state index contributed by atoms with van der Waals surface area (Å²) in [6.45, 7) is 6.47. The van der Waals surface area contributed by atoms with Gasteiger partial charge in [0.2, 0.25) is 0 Å². The van der Waals surface area contributed by atoms with Gasteiger partial charge in [-0.05, 0) is 49.2 Å². The number of para-hydroxylation sites is 4. The Morgan fingerprint density at radius 1 is 0.465 bits per heavy atom. The summed E-state index contributed by atoms with van der Waals surface area (Å²) in [6.07, 6.45) is 15.3. The summed E-state index contributed by atoms with van der Waals surface area (Å²) < 4.78 is 4.75. The topological polar surface area (TPSA) is 48.5 Å². The van der Waals surface area contributed by atoms with Crippen LogP contribution in [0.3, 0.4) is 0 Å². The molecule has 0 amide bonds. The average Bonchev–Trinajstić information content (AvgIpc) is 3.55. The second kappa shape index (κ2) is 19.1. The van der Waals surface area contributed by atoms with E-state index in [9.17, 15) is 0 Å². The molecular formula is C35H45Cl2FeN5. The van der Waals surface area contributed by atoms with Crippen molar-refractivity contribution in [1.82, 2.24) is 24.1 Å². The standard InChI is InChI=1S/C35H45N5.2ClH.Fe/c1-3-5-7-9-11-17-26-39-32-24-15-13-20-28(32)37-34(39)30-22-19-23-31(36-30)35-38-29-21-14-16-25-33(29)40(35)27-18-12-10-8-6-4-2;;;/h13-16,19-25H,3-12,17-18,26-27H2,1-2H3;2*1H;/q;;;+2/p-2. The van der Waals surface area contributed by atoms with Gasteiger partial charge in [-0.15, -0.1) is 0 Å². The molecule has 0 saturated heterocycles. The van der Waals surface area contributed by atoms with Gasteiger partial charge in [-0.2, -0.15) is 0 Å². The Morgan fingerprint density at radius 3 is 1.30 bits per heavy atom. The Morgan fingerprint density at radius 2 is 0.860 bits per heavy atom. The molecular weight excluding hydrogens is 617 g/mol. The van der Waals surface area contributed by atoms with Crippen molar-refractivity contribution in [3.63, 3.8) is 0 Å². The van der Waals surface area contributed by atoms with Crippen molar-refractivity contribution in [2.75, 3.05) is 0 Å². The minimum Gasteiger partial charge on any atom is -1.00 e. The first-order valence-electron chi connectivity index (χ1n) is 15.7. The number of aromatic nitrogens is 5. The molecule has 0 unspecified atom stereocenters. The van der Waals surface area contributed by atoms with E-state index >= 15 is 0 Å². The van der Waals surface area contributed by atoms with Crippen molar-refractivity contribution in [2.24, 2.45) is 0 Å². The van der Waals surface area contributed by atoms with Gasteiger partial charge in [-0.25, -0.2) is 15.0 Å². The summed E-state index contributed by atoms with van der Waals surface area (Å²) >= 11 is 0. The molecule has 0 atom stereocenters. The second-order valence-corrected chi connectivity index (χ2v) is 11.1. The van der Waals surface area contributed by atoms with Gasteiger partial charge in [0, 0.05) is 13.1 Å². The molecule has 3 aromatic heterocycles. The molecule has 0 saturated carbocycles. The molecule has 5 rings (SSSR count). The maximum atomic E-state index is 5.20. The van der Waals surface area contributed by atoms with E-state index in [4.69, 9.17) is 15.0 Å². The van der Waals surface area contributed by atoms with Crippen LogP contribution in [0, 0.1) is 0 Å². The number of hydrogen-bond donors (Lipinski definition) is 0. The minimum absolute atomic E-state index is 0. The molecule has 8 heteroatoms. The number of benzene rings is 2. The van der Waals surface area contributed by atoms with Crippen LogP contribution in [0.15, 0.2) is 66.7 Å². The maximum absolute atomic E-state index is 5.20. The van der Waals surface area contributed by atoms with Crippen LogP contribution in [0.1, 0.15) is 90.9 Å². The number of hydrogen-bond acceptors (Lipinski definition) is 3. The second-order valence-electron chi connectivity index (χ2n) is 11.1.